The van der Waals surface area contributed by atoms with Crippen LogP contribution in [-0.4, -0.2) is 237 Å². The maximum atomic E-state index is 14.7. The van der Waals surface area contributed by atoms with Gasteiger partial charge in [0.25, 0.3) is 18.2 Å². The number of carbonyl (C=O) groups excluding carboxylic acids is 8. The van der Waals surface area contributed by atoms with Crippen LogP contribution >= 0.6 is 23.7 Å². The molecule has 13 unspecified atom stereocenters. The minimum Gasteiger partial charge on any atom is -0.504 e. The smallest absolute Gasteiger partial charge is 0.261 e. The Hall–Kier alpha value is -8.17. The Bertz CT molecular complexity index is 3430. The second kappa shape index (κ2) is 29.4. The zero-order valence-corrected chi connectivity index (χ0v) is 50.2. The molecule has 33 nitrogen and oxygen atoms in total. The number of fused-ring (bicyclic) bond motifs is 3. The van der Waals surface area contributed by atoms with Gasteiger partial charge >= 0.3 is 0 Å². The molecule has 3 aromatic carbocycles. The quantitative estimate of drug-likeness (QED) is 0.0196. The summed E-state index contributed by atoms with van der Waals surface area (Å²) in [6, 6.07) is 4.72. The van der Waals surface area contributed by atoms with E-state index in [0.29, 0.717) is 29.4 Å². The van der Waals surface area contributed by atoms with Gasteiger partial charge in [-0.15, -0.1) is 0 Å². The highest BCUT2D eigenvalue weighted by Crippen LogP contribution is 2.35. The van der Waals surface area contributed by atoms with E-state index in [9.17, 15) is 79.2 Å². The van der Waals surface area contributed by atoms with Gasteiger partial charge in [0.2, 0.25) is 46.3 Å². The number of aliphatic hydroxyl groups is 7. The van der Waals surface area contributed by atoms with Crippen molar-refractivity contribution in [2.75, 3.05) is 50.8 Å². The number of phenolic OH excluding ortho intramolecular Hbond substituents is 1. The number of hydrogen-bond acceptors (Lipinski definition) is 26. The highest BCUT2D eigenvalue weighted by atomic mass is 32.2. The summed E-state index contributed by atoms with van der Waals surface area (Å²) in [4.78, 5) is 123. The summed E-state index contributed by atoms with van der Waals surface area (Å²) < 4.78 is 16.3. The average molecular weight is 1310 g/mol. The fourth-order valence-corrected chi connectivity index (χ4v) is 12.2. The van der Waals surface area contributed by atoms with Gasteiger partial charge in [-0.1, -0.05) is 45.8 Å². The Morgan fingerprint density at radius 2 is 1.49 bits per heavy atom. The number of aliphatic hydroxyl groups excluding tert-OH is 7. The normalized spacial score (nSPS) is 26.3. The summed E-state index contributed by atoms with van der Waals surface area (Å²) in [6.07, 6.45) is -14.4. The summed E-state index contributed by atoms with van der Waals surface area (Å²) in [6.45, 7) is 3.59. The molecule has 14 atom stereocenters. The van der Waals surface area contributed by atoms with Crippen LogP contribution in [0, 0.1) is 5.92 Å². The van der Waals surface area contributed by atoms with Crippen LogP contribution in [-0.2, 0) is 47.7 Å². The summed E-state index contributed by atoms with van der Waals surface area (Å²) in [5, 5.41) is 119. The fraction of sp³-hybridized carbons (Fsp3) is 0.464. The third-order valence-corrected chi connectivity index (χ3v) is 17.3. The topological polar surface area (TPSA) is 482 Å². The molecule has 4 aliphatic heterocycles. The van der Waals surface area contributed by atoms with Gasteiger partial charge in [-0.2, -0.15) is 5.10 Å². The molecule has 0 bridgehead atoms. The number of phenols is 1. The number of aromatic hydroxyl groups is 1. The van der Waals surface area contributed by atoms with E-state index in [0.717, 1.165) is 64.3 Å². The maximum Gasteiger partial charge on any atom is 0.261 e. The molecule has 9 rings (SSSR count). The number of ether oxygens (including phenoxy) is 1. The van der Waals surface area contributed by atoms with E-state index in [1.165, 1.54) is 30.4 Å². The van der Waals surface area contributed by atoms with Crippen LogP contribution in [0.1, 0.15) is 55.1 Å². The van der Waals surface area contributed by atoms with Crippen LogP contribution in [0.25, 0.3) is 26.8 Å². The molecular weight excluding hydrogens is 1240 g/mol. The van der Waals surface area contributed by atoms with Crippen molar-refractivity contribution >= 4 is 81.6 Å². The van der Waals surface area contributed by atoms with E-state index in [4.69, 9.17) is 30.0 Å². The standard InChI is InChI=1S/C56H68N12O21S2/c1-25-22-67-44(45(25)75)52(82)58-21-32(70)18-34(59-48(78)28-5-3-27(4-6-28)35-24-68-56(60-35)90-53(64-68)29-7-10-31(11-8-29)65-13-15-86-16-14-65)49(79)61-41(26(2)69)54(83)66-23-33(71)19-36(66)50(80)63-43(51(81)62-42(55(67)84)38(73)20-40(57)74)47(77)46(76)30-9-12-37(72)39(17-30)87-91-89-88-85/h3-12,17,24-26,32-34,36,38,41-47,69-73,75-77,85H,13-16,18-23H2,1-2H3,(H2,57,74)(H,58,82)(H,59,78)(H,61,79)(H,62,81)(H,63,80)/t25?,26?,32?,33?,34-,36?,38?,41?,42?,43?,44?,45?,46?,47?/m0/s1. The number of hydrogen-bond donors (Lipinski definition) is 15. The van der Waals surface area contributed by atoms with Crippen molar-refractivity contribution in [3.8, 4) is 33.3 Å². The maximum absolute atomic E-state index is 14.7. The van der Waals surface area contributed by atoms with Crippen molar-refractivity contribution in [3.05, 3.63) is 84.1 Å². The number of β-amino-alcohol motifs (C(OH)–C–C–N with tert-alkyl or cyclic N) is 1. The molecule has 35 heteroatoms. The lowest BCUT2D eigenvalue weighted by Crippen LogP contribution is -2.64. The lowest BCUT2D eigenvalue weighted by atomic mass is 9.96. The third kappa shape index (κ3) is 15.6. The van der Waals surface area contributed by atoms with E-state index < -0.39 is 183 Å². The van der Waals surface area contributed by atoms with Crippen LogP contribution in [0.15, 0.2) is 72.9 Å². The SMILES string of the molecule is CC(O)C1NC(=O)[C@@H](NC(=O)c2ccc(-c3cn4nc(-c5ccc(N6CCOCC6)cc5)sc4n3)cc2)CC(O)CNC(=O)C2C(O)C(C)CN2C(=O)C(C(O)CC(N)=O)NC(=O)C(C(O)C(O)c2ccc(O)c(OSOOO)c2)NC(=O)C2CC(O)CN2C1=O. The zero-order chi connectivity index (χ0) is 65.5. The molecule has 6 heterocycles. The van der Waals surface area contributed by atoms with Crippen LogP contribution in [0.5, 0.6) is 11.5 Å². The van der Waals surface area contributed by atoms with Gasteiger partial charge in [0, 0.05) is 73.9 Å². The molecule has 5 aromatic rings. The summed E-state index contributed by atoms with van der Waals surface area (Å²) >= 11 is 1.34. The van der Waals surface area contributed by atoms with Gasteiger partial charge < -0.3 is 96.8 Å². The summed E-state index contributed by atoms with van der Waals surface area (Å²) in [5.41, 5.74) is 8.09. The molecule has 91 heavy (non-hydrogen) atoms. The Morgan fingerprint density at radius 3 is 2.16 bits per heavy atom. The van der Waals surface area contributed by atoms with Gasteiger partial charge in [0.15, 0.2) is 11.5 Å². The van der Waals surface area contributed by atoms with Crippen molar-refractivity contribution in [2.24, 2.45) is 11.7 Å². The van der Waals surface area contributed by atoms with Gasteiger partial charge in [0.05, 0.1) is 62.0 Å². The van der Waals surface area contributed by atoms with Crippen molar-refractivity contribution < 1.29 is 103 Å². The molecule has 0 radical (unpaired) electrons. The fourth-order valence-electron chi connectivity index (χ4n) is 11.1. The first-order valence-corrected chi connectivity index (χ1v) is 30.1. The summed E-state index contributed by atoms with van der Waals surface area (Å²) in [5.74, 6) is -11.9. The predicted octanol–water partition coefficient (Wildman–Crippen LogP) is -3.65. The Kier molecular flexibility index (Phi) is 21.7. The van der Waals surface area contributed by atoms with Crippen molar-refractivity contribution in [2.45, 2.75) is 112 Å². The van der Waals surface area contributed by atoms with Gasteiger partial charge in [0.1, 0.15) is 53.5 Å². The van der Waals surface area contributed by atoms with Crippen molar-refractivity contribution in [3.63, 3.8) is 0 Å². The van der Waals surface area contributed by atoms with E-state index in [-0.39, 0.29) is 23.5 Å². The number of benzene rings is 3. The lowest BCUT2D eigenvalue weighted by molar-refractivity contribution is -0.433. The second-order valence-electron chi connectivity index (χ2n) is 22.3. The number of primary amides is 1. The molecule has 8 amide bonds. The molecule has 0 saturated carbocycles. The first-order chi connectivity index (χ1) is 43.4. The van der Waals surface area contributed by atoms with E-state index in [1.807, 2.05) is 24.3 Å². The van der Waals surface area contributed by atoms with E-state index in [1.54, 1.807) is 22.8 Å². The summed E-state index contributed by atoms with van der Waals surface area (Å²) in [7, 11) is 0. The molecule has 490 valence electrons. The minimum atomic E-state index is -2.53. The molecule has 16 N–H and O–H groups in total. The number of nitrogens with zero attached hydrogens (tertiary/aromatic N) is 6. The number of amides is 8. The number of anilines is 1. The minimum absolute atomic E-state index is 0.00945. The second-order valence-corrected chi connectivity index (χ2v) is 23.7. The number of rotatable bonds is 16. The molecule has 4 aliphatic rings. The predicted molar refractivity (Wildman–Crippen MR) is 316 cm³/mol. The Morgan fingerprint density at radius 1 is 0.824 bits per heavy atom. The van der Waals surface area contributed by atoms with Crippen LogP contribution in [0.3, 0.4) is 0 Å². The lowest BCUT2D eigenvalue weighted by Gasteiger charge is -2.34. The zero-order valence-electron chi connectivity index (χ0n) is 48.6. The third-order valence-electron chi connectivity index (χ3n) is 15.9. The largest absolute Gasteiger partial charge is 0.504 e. The molecule has 4 fully saturated rings. The Balaban J connectivity index is 0.998. The molecular formula is C56H68N12O21S2. The highest BCUT2D eigenvalue weighted by Gasteiger charge is 2.50. The van der Waals surface area contributed by atoms with Gasteiger partial charge in [-0.25, -0.2) is 14.8 Å². The molecule has 2 aromatic heterocycles. The molecule has 0 aliphatic carbocycles. The number of nitrogens with one attached hydrogen (secondary N) is 5. The average Bonchev–Trinajstić information content (AvgIpc) is 1.76. The highest BCUT2D eigenvalue weighted by molar-refractivity contribution is 7.90. The molecule has 4 saturated heterocycles. The van der Waals surface area contributed by atoms with Crippen molar-refractivity contribution in [1.29, 1.82) is 0 Å². The monoisotopic (exact) mass is 1310 g/mol. The van der Waals surface area contributed by atoms with Gasteiger partial charge in [-0.05, 0) is 61.0 Å². The van der Waals surface area contributed by atoms with Crippen LogP contribution < -0.4 is 41.4 Å². The number of imidazole rings is 1. The van der Waals surface area contributed by atoms with E-state index in [2.05, 4.69) is 40.9 Å². The van der Waals surface area contributed by atoms with E-state index >= 15 is 0 Å². The number of carbonyl (C=O) groups is 8. The first-order valence-electron chi connectivity index (χ1n) is 28.6. The molecule has 0 spiro atoms. The van der Waals surface area contributed by atoms with Crippen molar-refractivity contribution in [1.82, 2.24) is 51.0 Å². The first kappa shape index (κ1) is 67.2. The van der Waals surface area contributed by atoms with Crippen LogP contribution in [0.2, 0.25) is 0 Å². The number of morpholine rings is 1. The number of aromatic nitrogens is 3. The number of nitrogens with two attached hydrogens (primary N) is 1. The van der Waals surface area contributed by atoms with Gasteiger partial charge in [-0.3, -0.25) is 38.4 Å². The Labute approximate surface area is 525 Å². The van der Waals surface area contributed by atoms with Crippen LogP contribution in [0.4, 0.5) is 5.69 Å².